The van der Waals surface area contributed by atoms with Gasteiger partial charge in [-0.25, -0.2) is 4.68 Å². The third-order valence-corrected chi connectivity index (χ3v) is 4.98. The minimum absolute atomic E-state index is 0.0618. The molecule has 4 aromatic rings. The quantitative estimate of drug-likeness (QED) is 0.506. The van der Waals surface area contributed by atoms with Crippen molar-refractivity contribution in [3.05, 3.63) is 96.6 Å². The molecule has 6 heteroatoms. The second-order valence-corrected chi connectivity index (χ2v) is 7.24. The van der Waals surface area contributed by atoms with Gasteiger partial charge >= 0.3 is 0 Å². The second kappa shape index (κ2) is 8.80. The van der Waals surface area contributed by atoms with E-state index in [1.165, 1.54) is 0 Å². The van der Waals surface area contributed by atoms with Crippen LogP contribution in [-0.4, -0.2) is 41.2 Å². The highest BCUT2D eigenvalue weighted by molar-refractivity contribution is 5.99. The van der Waals surface area contributed by atoms with Crippen LogP contribution in [0, 0.1) is 0 Å². The van der Waals surface area contributed by atoms with Crippen molar-refractivity contribution in [3.63, 3.8) is 0 Å². The Hall–Kier alpha value is -3.64. The van der Waals surface area contributed by atoms with Gasteiger partial charge in [-0.3, -0.25) is 9.69 Å². The number of nitrogens with one attached hydrogen (secondary N) is 1. The molecule has 0 saturated carbocycles. The molecule has 1 unspecified atom stereocenters. The van der Waals surface area contributed by atoms with Crippen LogP contribution < -0.4 is 5.32 Å². The Morgan fingerprint density at radius 2 is 1.73 bits per heavy atom. The summed E-state index contributed by atoms with van der Waals surface area (Å²) in [5, 5.41) is 7.76. The molecule has 1 N–H and O–H groups in total. The first kappa shape index (κ1) is 19.7. The summed E-state index contributed by atoms with van der Waals surface area (Å²) in [6.07, 6.45) is 3.43. The fourth-order valence-electron chi connectivity index (χ4n) is 3.37. The van der Waals surface area contributed by atoms with Crippen LogP contribution in [0.25, 0.3) is 16.9 Å². The molecule has 0 fully saturated rings. The summed E-state index contributed by atoms with van der Waals surface area (Å²) in [7, 11) is 3.92. The van der Waals surface area contributed by atoms with Gasteiger partial charge in [0.2, 0.25) is 0 Å². The first-order chi connectivity index (χ1) is 14.6. The number of furan rings is 1. The molecule has 2 heterocycles. The maximum atomic E-state index is 13.2. The molecule has 4 rings (SSSR count). The zero-order valence-corrected chi connectivity index (χ0v) is 17.0. The van der Waals surface area contributed by atoms with Gasteiger partial charge in [0.25, 0.3) is 5.91 Å². The van der Waals surface area contributed by atoms with Crippen molar-refractivity contribution in [3.8, 4) is 16.9 Å². The number of carbonyl (C=O) groups is 1. The van der Waals surface area contributed by atoms with Gasteiger partial charge in [0, 0.05) is 18.3 Å². The third-order valence-electron chi connectivity index (χ3n) is 4.98. The molecule has 2 aromatic carbocycles. The summed E-state index contributed by atoms with van der Waals surface area (Å²) >= 11 is 0. The van der Waals surface area contributed by atoms with Crippen molar-refractivity contribution >= 4 is 5.91 Å². The average Bonchev–Trinajstić information content (AvgIpc) is 3.45. The Kier molecular flexibility index (Phi) is 5.77. The van der Waals surface area contributed by atoms with Crippen molar-refractivity contribution in [1.82, 2.24) is 20.0 Å². The minimum Gasteiger partial charge on any atom is -0.468 e. The summed E-state index contributed by atoms with van der Waals surface area (Å²) in [4.78, 5) is 15.2. The fourth-order valence-corrected chi connectivity index (χ4v) is 3.37. The predicted octanol–water partition coefficient (Wildman–Crippen LogP) is 4.17. The number of amides is 1. The number of likely N-dealkylation sites (N-methyl/N-ethyl adjacent to an activating group) is 1. The number of aromatic nitrogens is 2. The Morgan fingerprint density at radius 3 is 2.37 bits per heavy atom. The average molecular weight is 400 g/mol. The van der Waals surface area contributed by atoms with E-state index >= 15 is 0 Å². The van der Waals surface area contributed by atoms with E-state index in [9.17, 15) is 4.79 Å². The van der Waals surface area contributed by atoms with E-state index in [1.807, 2.05) is 91.8 Å². The summed E-state index contributed by atoms with van der Waals surface area (Å²) in [5.74, 6) is 0.637. The van der Waals surface area contributed by atoms with E-state index < -0.39 is 0 Å². The molecule has 30 heavy (non-hydrogen) atoms. The van der Waals surface area contributed by atoms with Crippen LogP contribution >= 0.6 is 0 Å². The third kappa shape index (κ3) is 4.18. The molecular formula is C24H24N4O2. The van der Waals surface area contributed by atoms with E-state index in [2.05, 4.69) is 5.32 Å². The summed E-state index contributed by atoms with van der Waals surface area (Å²) in [5.41, 5.74) is 2.97. The highest BCUT2D eigenvalue weighted by Crippen LogP contribution is 2.24. The Labute approximate surface area is 175 Å². The number of hydrogen-bond acceptors (Lipinski definition) is 4. The van der Waals surface area contributed by atoms with E-state index in [4.69, 9.17) is 9.52 Å². The molecule has 152 valence electrons. The van der Waals surface area contributed by atoms with Crippen LogP contribution in [0.4, 0.5) is 0 Å². The normalized spacial score (nSPS) is 12.1. The number of nitrogens with zero attached hydrogens (tertiary/aromatic N) is 3. The minimum atomic E-state index is -0.172. The summed E-state index contributed by atoms with van der Waals surface area (Å²) in [6.45, 7) is 0.421. The highest BCUT2D eigenvalue weighted by Gasteiger charge is 2.22. The lowest BCUT2D eigenvalue weighted by atomic mass is 10.1. The van der Waals surface area contributed by atoms with Gasteiger partial charge in [-0.1, -0.05) is 48.5 Å². The van der Waals surface area contributed by atoms with Crippen molar-refractivity contribution in [2.24, 2.45) is 0 Å². The Bertz CT molecular complexity index is 1090. The smallest absolute Gasteiger partial charge is 0.255 e. The largest absolute Gasteiger partial charge is 0.468 e. The molecule has 0 bridgehead atoms. The van der Waals surface area contributed by atoms with Gasteiger partial charge in [0.05, 0.1) is 23.6 Å². The van der Waals surface area contributed by atoms with Gasteiger partial charge in [-0.05, 0) is 38.4 Å². The SMILES string of the molecule is CN(C)C(CNC(=O)c1cn(-c2ccccc2)nc1-c1ccccc1)c1ccco1. The highest BCUT2D eigenvalue weighted by atomic mass is 16.3. The van der Waals surface area contributed by atoms with E-state index in [1.54, 1.807) is 17.1 Å². The van der Waals surface area contributed by atoms with Crippen molar-refractivity contribution in [2.75, 3.05) is 20.6 Å². The number of carbonyl (C=O) groups excluding carboxylic acids is 1. The zero-order chi connectivity index (χ0) is 20.9. The van der Waals surface area contributed by atoms with Crippen LogP contribution in [0.3, 0.4) is 0 Å². The van der Waals surface area contributed by atoms with Crippen LogP contribution in [0.5, 0.6) is 0 Å². The van der Waals surface area contributed by atoms with Gasteiger partial charge < -0.3 is 9.73 Å². The monoisotopic (exact) mass is 400 g/mol. The molecule has 0 aliphatic carbocycles. The standard InChI is InChI=1S/C24H24N4O2/c1-27(2)21(22-14-9-15-30-22)16-25-24(29)20-17-28(19-12-7-4-8-13-19)26-23(20)18-10-5-3-6-11-18/h3-15,17,21H,16H2,1-2H3,(H,25,29). The van der Waals surface area contributed by atoms with Crippen LogP contribution in [-0.2, 0) is 0 Å². The molecule has 0 spiro atoms. The Balaban J connectivity index is 1.63. The molecule has 0 aliphatic rings. The fraction of sp³-hybridized carbons (Fsp3) is 0.167. The molecule has 1 amide bonds. The number of rotatable bonds is 7. The molecule has 0 saturated heterocycles. The van der Waals surface area contributed by atoms with Crippen molar-refractivity contribution in [2.45, 2.75) is 6.04 Å². The van der Waals surface area contributed by atoms with E-state index in [-0.39, 0.29) is 11.9 Å². The molecule has 2 aromatic heterocycles. The Morgan fingerprint density at radius 1 is 1.03 bits per heavy atom. The first-order valence-corrected chi connectivity index (χ1v) is 9.82. The second-order valence-electron chi connectivity index (χ2n) is 7.24. The van der Waals surface area contributed by atoms with Crippen LogP contribution in [0.2, 0.25) is 0 Å². The lowest BCUT2D eigenvalue weighted by Gasteiger charge is -2.22. The number of para-hydroxylation sites is 1. The van der Waals surface area contributed by atoms with Gasteiger partial charge in [0.1, 0.15) is 11.5 Å². The van der Waals surface area contributed by atoms with Gasteiger partial charge in [-0.2, -0.15) is 5.10 Å². The molecular weight excluding hydrogens is 376 g/mol. The first-order valence-electron chi connectivity index (χ1n) is 9.82. The predicted molar refractivity (Wildman–Crippen MR) is 116 cm³/mol. The topological polar surface area (TPSA) is 63.3 Å². The zero-order valence-electron chi connectivity index (χ0n) is 17.0. The van der Waals surface area contributed by atoms with E-state index in [0.29, 0.717) is 17.8 Å². The van der Waals surface area contributed by atoms with Gasteiger partial charge in [0.15, 0.2) is 0 Å². The molecule has 1 atom stereocenters. The maximum absolute atomic E-state index is 13.2. The lowest BCUT2D eigenvalue weighted by molar-refractivity contribution is 0.0939. The molecule has 0 aliphatic heterocycles. The molecule has 6 nitrogen and oxygen atoms in total. The van der Waals surface area contributed by atoms with Crippen LogP contribution in [0.1, 0.15) is 22.2 Å². The van der Waals surface area contributed by atoms with Crippen molar-refractivity contribution in [1.29, 1.82) is 0 Å². The summed E-state index contributed by atoms with van der Waals surface area (Å²) in [6, 6.07) is 23.2. The number of hydrogen-bond donors (Lipinski definition) is 1. The van der Waals surface area contributed by atoms with Crippen molar-refractivity contribution < 1.29 is 9.21 Å². The van der Waals surface area contributed by atoms with E-state index in [0.717, 1.165) is 17.0 Å². The van der Waals surface area contributed by atoms with Crippen LogP contribution in [0.15, 0.2) is 89.7 Å². The molecule has 0 radical (unpaired) electrons. The summed E-state index contributed by atoms with van der Waals surface area (Å²) < 4.78 is 7.28. The number of benzene rings is 2. The lowest BCUT2D eigenvalue weighted by Crippen LogP contribution is -2.34. The van der Waals surface area contributed by atoms with Gasteiger partial charge in [-0.15, -0.1) is 0 Å². The maximum Gasteiger partial charge on any atom is 0.255 e.